The molecule has 0 spiro atoms. The number of pyridine rings is 1. The molecule has 0 amide bonds. The first kappa shape index (κ1) is 13.9. The number of piperidine rings is 1. The number of carbonyl (C=O) groups is 1. The van der Waals surface area contributed by atoms with Gasteiger partial charge >= 0.3 is 5.97 Å². The van der Waals surface area contributed by atoms with E-state index in [1.54, 1.807) is 0 Å². The summed E-state index contributed by atoms with van der Waals surface area (Å²) in [5, 5.41) is 11.0. The summed E-state index contributed by atoms with van der Waals surface area (Å²) in [6.45, 7) is 4.24. The number of carboxylic acids is 1. The second-order valence-corrected chi connectivity index (χ2v) is 5.71. The molecule has 0 saturated carbocycles. The third-order valence-electron chi connectivity index (χ3n) is 4.40. The molecule has 1 aromatic carbocycles. The maximum absolute atomic E-state index is 11.3. The zero-order valence-electron chi connectivity index (χ0n) is 12.2. The Labute approximate surface area is 124 Å². The van der Waals surface area contributed by atoms with Crippen molar-refractivity contribution in [3.05, 3.63) is 36.0 Å². The molecule has 1 atom stereocenters. The highest BCUT2D eigenvalue weighted by atomic mass is 16.4. The summed E-state index contributed by atoms with van der Waals surface area (Å²) >= 11 is 0. The van der Waals surface area contributed by atoms with Crippen molar-refractivity contribution in [1.29, 1.82) is 0 Å². The number of aromatic nitrogens is 1. The van der Waals surface area contributed by atoms with Crippen LogP contribution in [0.2, 0.25) is 0 Å². The average Bonchev–Trinajstić information content (AvgIpc) is 2.53. The maximum atomic E-state index is 11.3. The van der Waals surface area contributed by atoms with Gasteiger partial charge in [0.25, 0.3) is 0 Å². The molecule has 1 unspecified atom stereocenters. The van der Waals surface area contributed by atoms with Gasteiger partial charge in [0.2, 0.25) is 0 Å². The Morgan fingerprint density at radius 2 is 2.14 bits per heavy atom. The predicted octanol–water partition coefficient (Wildman–Crippen LogP) is 3.56. The number of fused-ring (bicyclic) bond motifs is 1. The van der Waals surface area contributed by atoms with E-state index >= 15 is 0 Å². The molecule has 1 aliphatic heterocycles. The molecule has 1 saturated heterocycles. The zero-order valence-corrected chi connectivity index (χ0v) is 12.2. The van der Waals surface area contributed by atoms with Crippen LogP contribution in [0.25, 0.3) is 10.8 Å². The van der Waals surface area contributed by atoms with Crippen LogP contribution in [0.5, 0.6) is 0 Å². The number of hydrogen-bond donors (Lipinski definition) is 1. The minimum Gasteiger partial charge on any atom is -0.478 e. The van der Waals surface area contributed by atoms with Gasteiger partial charge in [-0.3, -0.25) is 0 Å². The van der Waals surface area contributed by atoms with Gasteiger partial charge in [0, 0.05) is 30.1 Å². The van der Waals surface area contributed by atoms with Crippen LogP contribution in [-0.2, 0) is 0 Å². The molecule has 2 aromatic rings. The van der Waals surface area contributed by atoms with Gasteiger partial charge in [0.1, 0.15) is 5.82 Å². The minimum atomic E-state index is -0.921. The fraction of sp³-hybridized carbons (Fsp3) is 0.412. The Kier molecular flexibility index (Phi) is 3.78. The molecule has 1 aromatic heterocycles. The molecule has 1 fully saturated rings. The fourth-order valence-corrected chi connectivity index (χ4v) is 3.19. The van der Waals surface area contributed by atoms with Gasteiger partial charge in [-0.25, -0.2) is 9.78 Å². The highest BCUT2D eigenvalue weighted by Gasteiger charge is 2.22. The van der Waals surface area contributed by atoms with Crippen LogP contribution in [0.15, 0.2) is 30.5 Å². The van der Waals surface area contributed by atoms with Crippen LogP contribution >= 0.6 is 0 Å². The first-order valence-corrected chi connectivity index (χ1v) is 7.56. The van der Waals surface area contributed by atoms with Crippen LogP contribution in [0.1, 0.15) is 36.5 Å². The standard InChI is InChI=1S/C17H20N2O2/c1-2-12-6-5-9-19(11-12)16-14-8-4-3-7-13(14)15(10-18-16)17(20)21/h3-4,7-8,10,12H,2,5-6,9,11H2,1H3,(H,20,21). The summed E-state index contributed by atoms with van der Waals surface area (Å²) in [7, 11) is 0. The molecule has 3 rings (SSSR count). The first-order chi connectivity index (χ1) is 10.2. The van der Waals surface area contributed by atoms with Crippen molar-refractivity contribution in [3.8, 4) is 0 Å². The largest absolute Gasteiger partial charge is 0.478 e. The smallest absolute Gasteiger partial charge is 0.337 e. The van der Waals surface area contributed by atoms with Crippen LogP contribution in [-0.4, -0.2) is 29.1 Å². The Hall–Kier alpha value is -2.10. The lowest BCUT2D eigenvalue weighted by Gasteiger charge is -2.33. The van der Waals surface area contributed by atoms with Crippen molar-refractivity contribution in [2.24, 2.45) is 5.92 Å². The number of carboxylic acid groups (broad SMARTS) is 1. The maximum Gasteiger partial charge on any atom is 0.337 e. The van der Waals surface area contributed by atoms with Gasteiger partial charge in [0.05, 0.1) is 5.56 Å². The molecular weight excluding hydrogens is 264 g/mol. The molecule has 0 radical (unpaired) electrons. The van der Waals surface area contributed by atoms with Crippen LogP contribution < -0.4 is 4.90 Å². The third-order valence-corrected chi connectivity index (χ3v) is 4.40. The van der Waals surface area contributed by atoms with Crippen LogP contribution in [0, 0.1) is 5.92 Å². The highest BCUT2D eigenvalue weighted by molar-refractivity contribution is 6.06. The summed E-state index contributed by atoms with van der Waals surface area (Å²) < 4.78 is 0. The van der Waals surface area contributed by atoms with Gasteiger partial charge in [-0.05, 0) is 18.8 Å². The molecular formula is C17H20N2O2. The van der Waals surface area contributed by atoms with Crippen molar-refractivity contribution < 1.29 is 9.90 Å². The van der Waals surface area contributed by atoms with E-state index in [4.69, 9.17) is 0 Å². The van der Waals surface area contributed by atoms with Gasteiger partial charge in [-0.2, -0.15) is 0 Å². The molecule has 1 N–H and O–H groups in total. The molecule has 4 nitrogen and oxygen atoms in total. The van der Waals surface area contributed by atoms with E-state index in [1.807, 2.05) is 24.3 Å². The molecule has 4 heteroatoms. The van der Waals surface area contributed by atoms with E-state index in [0.717, 1.165) is 29.7 Å². The van der Waals surface area contributed by atoms with Crippen molar-refractivity contribution in [3.63, 3.8) is 0 Å². The Morgan fingerprint density at radius 1 is 1.38 bits per heavy atom. The normalized spacial score (nSPS) is 18.9. The summed E-state index contributed by atoms with van der Waals surface area (Å²) in [4.78, 5) is 18.1. The van der Waals surface area contributed by atoms with Gasteiger partial charge in [-0.1, -0.05) is 37.6 Å². The monoisotopic (exact) mass is 284 g/mol. The molecule has 0 aliphatic carbocycles. The van der Waals surface area contributed by atoms with Crippen molar-refractivity contribution in [2.45, 2.75) is 26.2 Å². The van der Waals surface area contributed by atoms with E-state index in [9.17, 15) is 9.90 Å². The van der Waals surface area contributed by atoms with E-state index in [0.29, 0.717) is 5.92 Å². The lowest BCUT2D eigenvalue weighted by Crippen LogP contribution is -2.35. The summed E-state index contributed by atoms with van der Waals surface area (Å²) in [5.74, 6) is 0.711. The molecule has 21 heavy (non-hydrogen) atoms. The summed E-state index contributed by atoms with van der Waals surface area (Å²) in [6, 6.07) is 7.66. The summed E-state index contributed by atoms with van der Waals surface area (Å²) in [5.41, 5.74) is 0.276. The van der Waals surface area contributed by atoms with Crippen LogP contribution in [0.4, 0.5) is 5.82 Å². The number of nitrogens with zero attached hydrogens (tertiary/aromatic N) is 2. The SMILES string of the molecule is CCC1CCCN(c2ncc(C(=O)O)c3ccccc23)C1. The molecule has 0 bridgehead atoms. The Morgan fingerprint density at radius 3 is 2.86 bits per heavy atom. The van der Waals surface area contributed by atoms with Crippen molar-refractivity contribution >= 4 is 22.6 Å². The van der Waals surface area contributed by atoms with Gasteiger partial charge < -0.3 is 10.0 Å². The third kappa shape index (κ3) is 2.58. The Balaban J connectivity index is 2.07. The van der Waals surface area contributed by atoms with E-state index in [1.165, 1.54) is 25.5 Å². The predicted molar refractivity (Wildman–Crippen MR) is 83.9 cm³/mol. The fourth-order valence-electron chi connectivity index (χ4n) is 3.19. The number of hydrogen-bond acceptors (Lipinski definition) is 3. The lowest BCUT2D eigenvalue weighted by molar-refractivity contribution is 0.0698. The number of anilines is 1. The molecule has 110 valence electrons. The van der Waals surface area contributed by atoms with Crippen LogP contribution in [0.3, 0.4) is 0 Å². The number of rotatable bonds is 3. The minimum absolute atomic E-state index is 0.276. The topological polar surface area (TPSA) is 53.4 Å². The highest BCUT2D eigenvalue weighted by Crippen LogP contribution is 2.30. The Bertz CT molecular complexity index is 669. The second-order valence-electron chi connectivity index (χ2n) is 5.71. The average molecular weight is 284 g/mol. The van der Waals surface area contributed by atoms with Crippen molar-refractivity contribution in [1.82, 2.24) is 4.98 Å². The number of benzene rings is 1. The summed E-state index contributed by atoms with van der Waals surface area (Å²) in [6.07, 6.45) is 5.13. The van der Waals surface area contributed by atoms with Gasteiger partial charge in [0.15, 0.2) is 0 Å². The first-order valence-electron chi connectivity index (χ1n) is 7.56. The van der Waals surface area contributed by atoms with Gasteiger partial charge in [-0.15, -0.1) is 0 Å². The van der Waals surface area contributed by atoms with E-state index in [-0.39, 0.29) is 5.56 Å². The molecule has 2 heterocycles. The van der Waals surface area contributed by atoms with E-state index in [2.05, 4.69) is 16.8 Å². The van der Waals surface area contributed by atoms with Crippen molar-refractivity contribution in [2.75, 3.05) is 18.0 Å². The zero-order chi connectivity index (χ0) is 14.8. The number of aromatic carboxylic acids is 1. The molecule has 1 aliphatic rings. The lowest BCUT2D eigenvalue weighted by atomic mass is 9.95. The quantitative estimate of drug-likeness (QED) is 0.936. The second kappa shape index (κ2) is 5.72. The van der Waals surface area contributed by atoms with E-state index < -0.39 is 5.97 Å².